The normalized spacial score (nSPS) is 18.1. The highest BCUT2D eigenvalue weighted by atomic mass is 19.4. The Morgan fingerprint density at radius 2 is 2.00 bits per heavy atom. The summed E-state index contributed by atoms with van der Waals surface area (Å²) in [6.07, 6.45) is -5.81. The molecule has 1 rings (SSSR count). The molecule has 1 aromatic heterocycles. The molecule has 92 valence electrons. The summed E-state index contributed by atoms with van der Waals surface area (Å²) in [6, 6.07) is 2.53. The van der Waals surface area contributed by atoms with Gasteiger partial charge in [-0.05, 0) is 26.0 Å². The van der Waals surface area contributed by atoms with Crippen LogP contribution in [0.4, 0.5) is 13.2 Å². The lowest BCUT2D eigenvalue weighted by Gasteiger charge is -2.25. The maximum atomic E-state index is 12.3. The van der Waals surface area contributed by atoms with Crippen molar-refractivity contribution in [1.29, 1.82) is 0 Å². The summed E-state index contributed by atoms with van der Waals surface area (Å²) in [4.78, 5) is 0. The fourth-order valence-corrected chi connectivity index (χ4v) is 1.20. The van der Waals surface area contributed by atoms with E-state index in [-0.39, 0.29) is 0 Å². The maximum absolute atomic E-state index is 12.3. The second kappa shape index (κ2) is 4.88. The van der Waals surface area contributed by atoms with Crippen LogP contribution in [0, 0.1) is 0 Å². The second-order valence-corrected chi connectivity index (χ2v) is 3.62. The van der Waals surface area contributed by atoms with Gasteiger partial charge < -0.3 is 14.9 Å². The van der Waals surface area contributed by atoms with Crippen molar-refractivity contribution in [3.63, 3.8) is 0 Å². The third kappa shape index (κ3) is 3.24. The molecule has 16 heavy (non-hydrogen) atoms. The molecule has 3 atom stereocenters. The molecule has 0 aliphatic heterocycles. The van der Waals surface area contributed by atoms with Crippen molar-refractivity contribution in [1.82, 2.24) is 0 Å². The molecule has 0 radical (unpaired) electrons. The molecule has 0 spiro atoms. The van der Waals surface area contributed by atoms with Gasteiger partial charge in [-0.2, -0.15) is 13.2 Å². The zero-order valence-electron chi connectivity index (χ0n) is 8.99. The molecule has 2 N–H and O–H groups in total. The number of alkyl halides is 3. The Kier molecular flexibility index (Phi) is 3.98. The molecule has 0 saturated heterocycles. The van der Waals surface area contributed by atoms with E-state index >= 15 is 0 Å². The molecule has 6 heteroatoms. The first kappa shape index (κ1) is 13.1. The van der Waals surface area contributed by atoms with Gasteiger partial charge in [0.1, 0.15) is 11.9 Å². The first-order valence-electron chi connectivity index (χ1n) is 4.83. The third-order valence-electron chi connectivity index (χ3n) is 2.11. The summed E-state index contributed by atoms with van der Waals surface area (Å²) in [5.41, 5.74) is 5.57. The zero-order valence-corrected chi connectivity index (χ0v) is 8.99. The topological polar surface area (TPSA) is 48.4 Å². The van der Waals surface area contributed by atoms with Crippen LogP contribution in [-0.2, 0) is 4.74 Å². The van der Waals surface area contributed by atoms with Gasteiger partial charge >= 0.3 is 6.18 Å². The lowest BCUT2D eigenvalue weighted by Crippen LogP contribution is -2.35. The standard InChI is InChI=1S/C10H14F3NO2/c1-6(14)9(8-4-3-5-15-8)16-7(2)10(11,12)13/h3-7,9H,14H2,1-2H3. The second-order valence-electron chi connectivity index (χ2n) is 3.62. The quantitative estimate of drug-likeness (QED) is 0.875. The molecule has 0 aliphatic carbocycles. The number of hydrogen-bond acceptors (Lipinski definition) is 3. The molecule has 3 nitrogen and oxygen atoms in total. The smallest absolute Gasteiger partial charge is 0.414 e. The van der Waals surface area contributed by atoms with Gasteiger partial charge in [-0.1, -0.05) is 0 Å². The van der Waals surface area contributed by atoms with E-state index in [1.807, 2.05) is 0 Å². The Balaban J connectivity index is 2.74. The minimum absolute atomic E-state index is 0.297. The SMILES string of the molecule is CC(N)C(OC(C)C(F)(F)F)c1ccco1. The van der Waals surface area contributed by atoms with Crippen molar-refractivity contribution in [3.05, 3.63) is 24.2 Å². The number of ether oxygens (including phenoxy) is 1. The molecule has 0 fully saturated rings. The number of halogens is 3. The van der Waals surface area contributed by atoms with Crippen LogP contribution in [0.3, 0.4) is 0 Å². The molecular weight excluding hydrogens is 223 g/mol. The van der Waals surface area contributed by atoms with Crippen LogP contribution in [0.15, 0.2) is 22.8 Å². The average Bonchev–Trinajstić information content (AvgIpc) is 2.63. The fraction of sp³-hybridized carbons (Fsp3) is 0.600. The van der Waals surface area contributed by atoms with Gasteiger partial charge in [-0.25, -0.2) is 0 Å². The Morgan fingerprint density at radius 3 is 2.38 bits per heavy atom. The summed E-state index contributed by atoms with van der Waals surface area (Å²) in [5, 5.41) is 0. The van der Waals surface area contributed by atoms with E-state index in [1.165, 1.54) is 12.3 Å². The van der Waals surface area contributed by atoms with Gasteiger partial charge in [0.05, 0.1) is 6.26 Å². The van der Waals surface area contributed by atoms with Crippen molar-refractivity contribution < 1.29 is 22.3 Å². The third-order valence-corrected chi connectivity index (χ3v) is 2.11. The number of hydrogen-bond donors (Lipinski definition) is 1. The molecular formula is C10H14F3NO2. The van der Waals surface area contributed by atoms with Crippen LogP contribution in [0.25, 0.3) is 0 Å². The minimum atomic E-state index is -4.40. The van der Waals surface area contributed by atoms with Crippen molar-refractivity contribution in [2.24, 2.45) is 5.73 Å². The van der Waals surface area contributed by atoms with Gasteiger partial charge in [-0.3, -0.25) is 0 Å². The zero-order chi connectivity index (χ0) is 12.3. The van der Waals surface area contributed by atoms with Gasteiger partial charge in [0.2, 0.25) is 0 Å². The van der Waals surface area contributed by atoms with E-state index in [4.69, 9.17) is 14.9 Å². The highest BCUT2D eigenvalue weighted by Gasteiger charge is 2.39. The van der Waals surface area contributed by atoms with Crippen molar-refractivity contribution >= 4 is 0 Å². The molecule has 0 bridgehead atoms. The summed E-state index contributed by atoms with van der Waals surface area (Å²) >= 11 is 0. The van der Waals surface area contributed by atoms with Crippen molar-refractivity contribution in [2.75, 3.05) is 0 Å². The van der Waals surface area contributed by atoms with Crippen molar-refractivity contribution in [3.8, 4) is 0 Å². The maximum Gasteiger partial charge on any atom is 0.414 e. The predicted molar refractivity (Wildman–Crippen MR) is 51.7 cm³/mol. The first-order valence-corrected chi connectivity index (χ1v) is 4.83. The van der Waals surface area contributed by atoms with E-state index < -0.39 is 24.4 Å². The largest absolute Gasteiger partial charge is 0.467 e. The molecule has 0 aliphatic rings. The van der Waals surface area contributed by atoms with Crippen LogP contribution < -0.4 is 5.73 Å². The lowest BCUT2D eigenvalue weighted by molar-refractivity contribution is -0.231. The Bertz CT molecular complexity index is 308. The van der Waals surface area contributed by atoms with E-state index in [0.717, 1.165) is 6.92 Å². The van der Waals surface area contributed by atoms with E-state index in [2.05, 4.69) is 0 Å². The summed E-state index contributed by atoms with van der Waals surface area (Å²) in [5.74, 6) is 0.297. The monoisotopic (exact) mass is 237 g/mol. The Morgan fingerprint density at radius 1 is 1.38 bits per heavy atom. The lowest BCUT2D eigenvalue weighted by atomic mass is 10.1. The number of furan rings is 1. The van der Waals surface area contributed by atoms with E-state index in [1.54, 1.807) is 13.0 Å². The summed E-state index contributed by atoms with van der Waals surface area (Å²) in [6.45, 7) is 2.51. The molecule has 3 unspecified atom stereocenters. The highest BCUT2D eigenvalue weighted by Crippen LogP contribution is 2.29. The molecule has 0 amide bonds. The minimum Gasteiger partial charge on any atom is -0.467 e. The van der Waals surface area contributed by atoms with Gasteiger partial charge in [0.15, 0.2) is 6.10 Å². The van der Waals surface area contributed by atoms with Crippen LogP contribution in [0.2, 0.25) is 0 Å². The van der Waals surface area contributed by atoms with Crippen LogP contribution >= 0.6 is 0 Å². The summed E-state index contributed by atoms with van der Waals surface area (Å²) in [7, 11) is 0. The molecule has 1 aromatic rings. The van der Waals surface area contributed by atoms with Crippen LogP contribution in [0.1, 0.15) is 25.7 Å². The molecule has 0 saturated carbocycles. The number of rotatable bonds is 4. The van der Waals surface area contributed by atoms with Gasteiger partial charge in [0.25, 0.3) is 0 Å². The molecule has 0 aromatic carbocycles. The van der Waals surface area contributed by atoms with Gasteiger partial charge in [-0.15, -0.1) is 0 Å². The molecule has 1 heterocycles. The fourth-order valence-electron chi connectivity index (χ4n) is 1.20. The Labute approximate surface area is 91.4 Å². The first-order chi connectivity index (χ1) is 7.32. The van der Waals surface area contributed by atoms with E-state index in [9.17, 15) is 13.2 Å². The van der Waals surface area contributed by atoms with Crippen LogP contribution in [0.5, 0.6) is 0 Å². The number of nitrogens with two attached hydrogens (primary N) is 1. The average molecular weight is 237 g/mol. The van der Waals surface area contributed by atoms with Crippen molar-refractivity contribution in [2.45, 2.75) is 38.3 Å². The van der Waals surface area contributed by atoms with Crippen LogP contribution in [-0.4, -0.2) is 18.3 Å². The highest BCUT2D eigenvalue weighted by molar-refractivity contribution is 5.04. The Hall–Kier alpha value is -1.01. The predicted octanol–water partition coefficient (Wildman–Crippen LogP) is 2.64. The summed E-state index contributed by atoms with van der Waals surface area (Å²) < 4.78 is 46.8. The van der Waals surface area contributed by atoms with Gasteiger partial charge in [0, 0.05) is 6.04 Å². The van der Waals surface area contributed by atoms with E-state index in [0.29, 0.717) is 5.76 Å².